The Labute approximate surface area is 259 Å². The lowest BCUT2D eigenvalue weighted by Crippen LogP contribution is -2.62. The molecule has 2 aromatic rings. The second kappa shape index (κ2) is 13.8. The number of benzene rings is 1. The molecule has 3 fully saturated rings. The molecule has 234 valence electrons. The molecule has 1 aliphatic heterocycles. The van der Waals surface area contributed by atoms with E-state index in [1.807, 2.05) is 0 Å². The molecule has 3 atom stereocenters. The third-order valence-electron chi connectivity index (χ3n) is 11.6. The van der Waals surface area contributed by atoms with E-state index in [9.17, 15) is 9.59 Å². The maximum Gasteiger partial charge on any atom is 0.226 e. The van der Waals surface area contributed by atoms with E-state index in [1.165, 1.54) is 37.7 Å². The van der Waals surface area contributed by atoms with Gasteiger partial charge in [-0.3, -0.25) is 9.59 Å². The summed E-state index contributed by atoms with van der Waals surface area (Å²) in [6.07, 6.45) is 15.5. The number of likely N-dealkylation sites (tertiary alicyclic amines) is 1. The number of pyridine rings is 1. The summed E-state index contributed by atoms with van der Waals surface area (Å²) < 4.78 is 5.11. The first kappa shape index (κ1) is 31.5. The van der Waals surface area contributed by atoms with E-state index in [-0.39, 0.29) is 28.7 Å². The van der Waals surface area contributed by atoms with Gasteiger partial charge in [-0.15, -0.1) is 0 Å². The van der Waals surface area contributed by atoms with Crippen LogP contribution < -0.4 is 10.1 Å². The predicted molar refractivity (Wildman–Crippen MR) is 173 cm³/mol. The maximum atomic E-state index is 14.4. The van der Waals surface area contributed by atoms with Gasteiger partial charge in [-0.2, -0.15) is 0 Å². The topological polar surface area (TPSA) is 71.5 Å². The number of rotatable bonds is 12. The third-order valence-corrected chi connectivity index (χ3v) is 11.6. The summed E-state index contributed by atoms with van der Waals surface area (Å²) >= 11 is 0. The van der Waals surface area contributed by atoms with E-state index in [4.69, 9.17) is 4.74 Å². The first-order valence-electron chi connectivity index (χ1n) is 17.0. The zero-order valence-electron chi connectivity index (χ0n) is 26.9. The normalized spacial score (nSPS) is 27.4. The SMILES string of the molecule is CCCC(C)C1(c2ccccc2)CCC2(CCC(C(C)CCC(=O)Nc3ccc(OC)nc3)C(=O)N2CC2CCC2)CC1. The van der Waals surface area contributed by atoms with Crippen molar-refractivity contribution in [2.24, 2.45) is 23.7 Å². The monoisotopic (exact) mass is 587 g/mol. The van der Waals surface area contributed by atoms with Gasteiger partial charge in [0, 0.05) is 30.5 Å². The average molecular weight is 588 g/mol. The van der Waals surface area contributed by atoms with Crippen LogP contribution in [0, 0.1) is 23.7 Å². The summed E-state index contributed by atoms with van der Waals surface area (Å²) in [7, 11) is 1.57. The molecule has 1 aromatic carbocycles. The number of carbonyl (C=O) groups excluding carboxylic acids is 2. The number of nitrogens with one attached hydrogen (secondary N) is 1. The Bertz CT molecular complexity index is 1200. The molecule has 1 N–H and O–H groups in total. The lowest BCUT2D eigenvalue weighted by molar-refractivity contribution is -0.156. The van der Waals surface area contributed by atoms with Crippen molar-refractivity contribution in [1.82, 2.24) is 9.88 Å². The van der Waals surface area contributed by atoms with Gasteiger partial charge in [0.25, 0.3) is 0 Å². The molecular formula is C37H53N3O3. The number of ether oxygens (including phenoxy) is 1. The number of nitrogens with zero attached hydrogens (tertiary/aromatic N) is 2. The van der Waals surface area contributed by atoms with Crippen LogP contribution in [0.1, 0.15) is 110 Å². The van der Waals surface area contributed by atoms with Crippen LogP contribution in [-0.2, 0) is 15.0 Å². The first-order valence-corrected chi connectivity index (χ1v) is 17.0. The highest BCUT2D eigenvalue weighted by Crippen LogP contribution is 2.54. The fraction of sp³-hybridized carbons (Fsp3) is 0.649. The summed E-state index contributed by atoms with van der Waals surface area (Å²) in [5.74, 6) is 2.30. The van der Waals surface area contributed by atoms with Gasteiger partial charge >= 0.3 is 0 Å². The number of carbonyl (C=O) groups is 2. The first-order chi connectivity index (χ1) is 20.8. The Hall–Kier alpha value is -2.89. The van der Waals surface area contributed by atoms with Crippen LogP contribution in [-0.4, -0.2) is 40.9 Å². The number of piperidine rings is 1. The lowest BCUT2D eigenvalue weighted by Gasteiger charge is -2.58. The van der Waals surface area contributed by atoms with Crippen LogP contribution in [0.3, 0.4) is 0 Å². The molecule has 43 heavy (non-hydrogen) atoms. The minimum Gasteiger partial charge on any atom is -0.481 e. The van der Waals surface area contributed by atoms with Crippen molar-refractivity contribution in [3.8, 4) is 5.88 Å². The van der Waals surface area contributed by atoms with Gasteiger partial charge in [0.05, 0.1) is 19.0 Å². The van der Waals surface area contributed by atoms with Gasteiger partial charge in [0.15, 0.2) is 0 Å². The fourth-order valence-corrected chi connectivity index (χ4v) is 8.45. The Morgan fingerprint density at radius 2 is 1.77 bits per heavy atom. The highest BCUT2D eigenvalue weighted by Gasteiger charge is 2.53. The van der Waals surface area contributed by atoms with Crippen molar-refractivity contribution in [3.63, 3.8) is 0 Å². The highest BCUT2D eigenvalue weighted by atomic mass is 16.5. The molecule has 3 unspecified atom stereocenters. The zero-order valence-corrected chi connectivity index (χ0v) is 26.9. The van der Waals surface area contributed by atoms with Crippen LogP contribution in [0.5, 0.6) is 5.88 Å². The molecule has 2 heterocycles. The summed E-state index contributed by atoms with van der Waals surface area (Å²) in [5, 5.41) is 2.95. The number of anilines is 1. The van der Waals surface area contributed by atoms with Crippen molar-refractivity contribution in [3.05, 3.63) is 54.2 Å². The van der Waals surface area contributed by atoms with Crippen LogP contribution in [0.4, 0.5) is 5.69 Å². The van der Waals surface area contributed by atoms with Gasteiger partial charge < -0.3 is 15.0 Å². The molecule has 6 heteroatoms. The van der Waals surface area contributed by atoms with Gasteiger partial charge in [0.2, 0.25) is 17.7 Å². The lowest BCUT2D eigenvalue weighted by atomic mass is 9.56. The van der Waals surface area contributed by atoms with E-state index < -0.39 is 0 Å². The van der Waals surface area contributed by atoms with Gasteiger partial charge in [-0.05, 0) is 92.6 Å². The summed E-state index contributed by atoms with van der Waals surface area (Å²) in [4.78, 5) is 33.7. The highest BCUT2D eigenvalue weighted by molar-refractivity contribution is 5.90. The standard InChI is InChI=1S/C37H53N3O3/c1-5-10-28(3)37(30-13-7-6-8-14-30)23-21-36(22-24-37)20-19-32(35(42)40(36)26-29-11-9-12-29)27(2)15-17-33(41)39-31-16-18-34(43-4)38-25-31/h6-8,13-14,16,18,25,27-29,32H,5,9-12,15,17,19-24,26H2,1-4H3,(H,39,41). The van der Waals surface area contributed by atoms with Crippen LogP contribution in [0.2, 0.25) is 0 Å². The summed E-state index contributed by atoms with van der Waals surface area (Å²) in [6.45, 7) is 7.88. The van der Waals surface area contributed by atoms with Gasteiger partial charge in [-0.25, -0.2) is 4.98 Å². The molecule has 1 spiro atoms. The molecule has 2 saturated carbocycles. The zero-order chi connectivity index (χ0) is 30.5. The minimum atomic E-state index is -0.0319. The fourth-order valence-electron chi connectivity index (χ4n) is 8.45. The van der Waals surface area contributed by atoms with Crippen molar-refractivity contribution in [1.29, 1.82) is 0 Å². The van der Waals surface area contributed by atoms with E-state index in [0.29, 0.717) is 42.2 Å². The Morgan fingerprint density at radius 3 is 2.37 bits per heavy atom. The maximum absolute atomic E-state index is 14.4. The molecule has 2 amide bonds. The van der Waals surface area contributed by atoms with E-state index in [0.717, 1.165) is 45.1 Å². The summed E-state index contributed by atoms with van der Waals surface area (Å²) in [6, 6.07) is 14.8. The predicted octanol–water partition coefficient (Wildman–Crippen LogP) is 8.17. The molecule has 1 saturated heterocycles. The van der Waals surface area contributed by atoms with Crippen LogP contribution >= 0.6 is 0 Å². The van der Waals surface area contributed by atoms with E-state index in [1.54, 1.807) is 25.4 Å². The molecule has 5 rings (SSSR count). The van der Waals surface area contributed by atoms with Crippen LogP contribution in [0.25, 0.3) is 0 Å². The second-order valence-corrected chi connectivity index (χ2v) is 14.0. The Balaban J connectivity index is 1.26. The number of amides is 2. The number of hydrogen-bond donors (Lipinski definition) is 1. The van der Waals surface area contributed by atoms with Crippen LogP contribution in [0.15, 0.2) is 48.7 Å². The Morgan fingerprint density at radius 1 is 1.02 bits per heavy atom. The van der Waals surface area contributed by atoms with Crippen molar-refractivity contribution >= 4 is 17.5 Å². The molecule has 1 aromatic heterocycles. The molecule has 0 radical (unpaired) electrons. The molecular weight excluding hydrogens is 534 g/mol. The largest absolute Gasteiger partial charge is 0.481 e. The summed E-state index contributed by atoms with van der Waals surface area (Å²) in [5.41, 5.74) is 2.35. The molecule has 6 nitrogen and oxygen atoms in total. The quantitative estimate of drug-likeness (QED) is 0.272. The van der Waals surface area contributed by atoms with E-state index >= 15 is 0 Å². The number of hydrogen-bond acceptors (Lipinski definition) is 4. The van der Waals surface area contributed by atoms with Crippen molar-refractivity contribution in [2.45, 2.75) is 115 Å². The number of aromatic nitrogens is 1. The smallest absolute Gasteiger partial charge is 0.226 e. The van der Waals surface area contributed by atoms with Gasteiger partial charge in [0.1, 0.15) is 0 Å². The van der Waals surface area contributed by atoms with E-state index in [2.05, 4.69) is 66.3 Å². The molecule has 3 aliphatic rings. The number of methoxy groups -OCH3 is 1. The Kier molecular flexibility index (Phi) is 10.1. The average Bonchev–Trinajstić information content (AvgIpc) is 3.00. The molecule has 0 bridgehead atoms. The third kappa shape index (κ3) is 6.78. The second-order valence-electron chi connectivity index (χ2n) is 14.0. The van der Waals surface area contributed by atoms with Crippen molar-refractivity contribution < 1.29 is 14.3 Å². The van der Waals surface area contributed by atoms with Crippen molar-refractivity contribution in [2.75, 3.05) is 19.0 Å². The molecule has 2 aliphatic carbocycles. The van der Waals surface area contributed by atoms with Gasteiger partial charge in [-0.1, -0.05) is 70.4 Å². The minimum absolute atomic E-state index is 0.000904.